The molecule has 0 fully saturated rings. The van der Waals surface area contributed by atoms with Gasteiger partial charge in [-0.3, -0.25) is 5.10 Å². The Bertz CT molecular complexity index is 481. The largest absolute Gasteiger partial charge is 0.494 e. The molecule has 0 unspecified atom stereocenters. The second-order valence-electron chi connectivity index (χ2n) is 2.59. The van der Waals surface area contributed by atoms with E-state index in [9.17, 15) is 0 Å². The fourth-order valence-corrected chi connectivity index (χ4v) is 1.28. The number of nitriles is 1. The number of hydrogen-bond acceptors (Lipinski definition) is 3. The summed E-state index contributed by atoms with van der Waals surface area (Å²) in [5, 5.41) is 16.2. The lowest BCUT2D eigenvalue weighted by atomic mass is 10.1. The quantitative estimate of drug-likeness (QED) is 0.709. The zero-order chi connectivity index (χ0) is 9.26. The van der Waals surface area contributed by atoms with Crippen LogP contribution in [-0.4, -0.2) is 17.3 Å². The Morgan fingerprint density at radius 2 is 2.38 bits per heavy atom. The summed E-state index contributed by atoms with van der Waals surface area (Å²) in [5.74, 6) is 0.700. The summed E-state index contributed by atoms with van der Waals surface area (Å²) in [7, 11) is 1.58. The lowest BCUT2D eigenvalue weighted by Crippen LogP contribution is -1.85. The third-order valence-corrected chi connectivity index (χ3v) is 1.92. The van der Waals surface area contributed by atoms with Crippen LogP contribution in [0.25, 0.3) is 10.9 Å². The summed E-state index contributed by atoms with van der Waals surface area (Å²) in [4.78, 5) is 0. The molecule has 0 radical (unpaired) electrons. The zero-order valence-electron chi connectivity index (χ0n) is 7.03. The van der Waals surface area contributed by atoms with Crippen molar-refractivity contribution in [2.45, 2.75) is 0 Å². The second-order valence-corrected chi connectivity index (χ2v) is 2.59. The minimum Gasteiger partial charge on any atom is -0.494 e. The zero-order valence-corrected chi connectivity index (χ0v) is 7.03. The lowest BCUT2D eigenvalue weighted by Gasteiger charge is -2.00. The van der Waals surface area contributed by atoms with E-state index >= 15 is 0 Å². The number of hydrogen-bond donors (Lipinski definition) is 1. The maximum Gasteiger partial charge on any atom is 0.144 e. The standard InChI is InChI=1S/C9H7N3O/c1-13-8-3-2-6(4-10)7-5-11-12-9(7)8/h2-3,5H,1H3,(H,11,12). The van der Waals surface area contributed by atoms with Crippen LogP contribution in [0.5, 0.6) is 5.75 Å². The molecule has 1 N–H and O–H groups in total. The molecule has 0 saturated carbocycles. The second kappa shape index (κ2) is 2.79. The number of nitrogens with one attached hydrogen (secondary N) is 1. The average Bonchev–Trinajstić information content (AvgIpc) is 2.64. The minimum absolute atomic E-state index is 0.601. The molecule has 2 aromatic rings. The molecule has 0 amide bonds. The van der Waals surface area contributed by atoms with Crippen LogP contribution in [0, 0.1) is 11.3 Å². The van der Waals surface area contributed by atoms with Crippen LogP contribution < -0.4 is 4.74 Å². The normalized spacial score (nSPS) is 9.85. The van der Waals surface area contributed by atoms with Crippen LogP contribution in [0.15, 0.2) is 18.3 Å². The predicted molar refractivity (Wildman–Crippen MR) is 47.4 cm³/mol. The van der Waals surface area contributed by atoms with Crippen molar-refractivity contribution in [2.24, 2.45) is 0 Å². The van der Waals surface area contributed by atoms with Crippen LogP contribution in [-0.2, 0) is 0 Å². The summed E-state index contributed by atoms with van der Waals surface area (Å²) in [6, 6.07) is 5.56. The molecule has 0 aliphatic carbocycles. The van der Waals surface area contributed by atoms with Gasteiger partial charge in [-0.25, -0.2) is 0 Å². The van der Waals surface area contributed by atoms with Gasteiger partial charge in [0.15, 0.2) is 0 Å². The van der Waals surface area contributed by atoms with Crippen molar-refractivity contribution in [1.29, 1.82) is 5.26 Å². The van der Waals surface area contributed by atoms with Crippen LogP contribution >= 0.6 is 0 Å². The van der Waals surface area contributed by atoms with Crippen molar-refractivity contribution in [2.75, 3.05) is 7.11 Å². The third-order valence-electron chi connectivity index (χ3n) is 1.92. The van der Waals surface area contributed by atoms with Crippen molar-refractivity contribution in [1.82, 2.24) is 10.2 Å². The Morgan fingerprint density at radius 3 is 3.08 bits per heavy atom. The number of aromatic amines is 1. The van der Waals surface area contributed by atoms with Gasteiger partial charge in [0.2, 0.25) is 0 Å². The number of nitrogens with zero attached hydrogens (tertiary/aromatic N) is 2. The van der Waals surface area contributed by atoms with Crippen molar-refractivity contribution in [3.8, 4) is 11.8 Å². The molecule has 4 nitrogen and oxygen atoms in total. The number of H-pyrrole nitrogens is 1. The first kappa shape index (κ1) is 7.62. The van der Waals surface area contributed by atoms with E-state index in [1.54, 1.807) is 25.4 Å². The molecule has 1 aromatic heterocycles. The van der Waals surface area contributed by atoms with Gasteiger partial charge in [0.05, 0.1) is 24.9 Å². The van der Waals surface area contributed by atoms with Crippen molar-refractivity contribution >= 4 is 10.9 Å². The van der Waals surface area contributed by atoms with Gasteiger partial charge >= 0.3 is 0 Å². The number of rotatable bonds is 1. The fourth-order valence-electron chi connectivity index (χ4n) is 1.28. The minimum atomic E-state index is 0.601. The van der Waals surface area contributed by atoms with Gasteiger partial charge in [-0.15, -0.1) is 0 Å². The van der Waals surface area contributed by atoms with Gasteiger partial charge in [0.25, 0.3) is 0 Å². The first-order valence-corrected chi connectivity index (χ1v) is 3.77. The molecule has 0 aliphatic rings. The number of fused-ring (bicyclic) bond motifs is 1. The smallest absolute Gasteiger partial charge is 0.144 e. The van der Waals surface area contributed by atoms with Gasteiger partial charge < -0.3 is 4.74 Å². The Kier molecular flexibility index (Phi) is 1.64. The molecule has 0 bridgehead atoms. The van der Waals surface area contributed by atoms with Crippen LogP contribution in [0.1, 0.15) is 5.56 Å². The van der Waals surface area contributed by atoms with E-state index in [-0.39, 0.29) is 0 Å². The number of ether oxygens (including phenoxy) is 1. The highest BCUT2D eigenvalue weighted by molar-refractivity contribution is 5.89. The highest BCUT2D eigenvalue weighted by Gasteiger charge is 2.06. The summed E-state index contributed by atoms with van der Waals surface area (Å²) in [5.41, 5.74) is 1.37. The molecular weight excluding hydrogens is 166 g/mol. The molecular formula is C9H7N3O. The third kappa shape index (κ3) is 1.02. The molecule has 0 atom stereocenters. The summed E-state index contributed by atoms with van der Waals surface area (Å²) in [6.07, 6.45) is 1.62. The molecule has 0 spiro atoms. The van der Waals surface area contributed by atoms with Gasteiger partial charge in [-0.1, -0.05) is 0 Å². The predicted octanol–water partition coefficient (Wildman–Crippen LogP) is 1.44. The summed E-state index contributed by atoms with van der Waals surface area (Å²) < 4.78 is 5.10. The van der Waals surface area contributed by atoms with E-state index in [1.165, 1.54) is 0 Å². The van der Waals surface area contributed by atoms with Crippen molar-refractivity contribution < 1.29 is 4.74 Å². The van der Waals surface area contributed by atoms with Crippen molar-refractivity contribution in [3.05, 3.63) is 23.9 Å². The van der Waals surface area contributed by atoms with Gasteiger partial charge in [-0.2, -0.15) is 10.4 Å². The highest BCUT2D eigenvalue weighted by atomic mass is 16.5. The number of benzene rings is 1. The number of methoxy groups -OCH3 is 1. The Balaban J connectivity index is 2.83. The van der Waals surface area contributed by atoms with E-state index in [4.69, 9.17) is 10.00 Å². The summed E-state index contributed by atoms with van der Waals surface area (Å²) >= 11 is 0. The van der Waals surface area contributed by atoms with Crippen LogP contribution in [0.4, 0.5) is 0 Å². The Hall–Kier alpha value is -2.02. The molecule has 1 aromatic carbocycles. The van der Waals surface area contributed by atoms with Crippen LogP contribution in [0.2, 0.25) is 0 Å². The molecule has 13 heavy (non-hydrogen) atoms. The molecule has 64 valence electrons. The SMILES string of the molecule is COc1ccc(C#N)c2cn[nH]c12. The molecule has 4 heteroatoms. The van der Waals surface area contributed by atoms with Crippen molar-refractivity contribution in [3.63, 3.8) is 0 Å². The first-order chi connectivity index (χ1) is 6.36. The van der Waals surface area contributed by atoms with E-state index in [2.05, 4.69) is 16.3 Å². The monoisotopic (exact) mass is 173 g/mol. The number of aromatic nitrogens is 2. The fraction of sp³-hybridized carbons (Fsp3) is 0.111. The highest BCUT2D eigenvalue weighted by Crippen LogP contribution is 2.25. The Morgan fingerprint density at radius 1 is 1.54 bits per heavy atom. The van der Waals surface area contributed by atoms with E-state index in [0.717, 1.165) is 10.9 Å². The topological polar surface area (TPSA) is 61.7 Å². The molecule has 2 rings (SSSR count). The van der Waals surface area contributed by atoms with E-state index in [1.807, 2.05) is 0 Å². The summed E-state index contributed by atoms with van der Waals surface area (Å²) in [6.45, 7) is 0. The average molecular weight is 173 g/mol. The first-order valence-electron chi connectivity index (χ1n) is 3.77. The lowest BCUT2D eigenvalue weighted by molar-refractivity contribution is 0.419. The molecule has 1 heterocycles. The maximum absolute atomic E-state index is 8.79. The molecule has 0 aliphatic heterocycles. The Labute approximate surface area is 74.7 Å². The van der Waals surface area contributed by atoms with Gasteiger partial charge in [-0.05, 0) is 12.1 Å². The van der Waals surface area contributed by atoms with E-state index < -0.39 is 0 Å². The van der Waals surface area contributed by atoms with Gasteiger partial charge in [0, 0.05) is 5.39 Å². The molecule has 0 saturated heterocycles. The maximum atomic E-state index is 8.79. The van der Waals surface area contributed by atoms with E-state index in [0.29, 0.717) is 11.3 Å². The van der Waals surface area contributed by atoms with Crippen LogP contribution in [0.3, 0.4) is 0 Å². The van der Waals surface area contributed by atoms with Gasteiger partial charge in [0.1, 0.15) is 11.3 Å².